The molecule has 0 unspecified atom stereocenters. The van der Waals surface area contributed by atoms with Crippen molar-refractivity contribution in [2.75, 3.05) is 0 Å². The van der Waals surface area contributed by atoms with Crippen LogP contribution < -0.4 is 0 Å². The van der Waals surface area contributed by atoms with Gasteiger partial charge in [0.15, 0.2) is 0 Å². The normalized spacial score (nSPS) is 11.8. The average molecular weight is 1410 g/mol. The summed E-state index contributed by atoms with van der Waals surface area (Å²) in [4.78, 5) is 20.2. The number of hydrogen-bond donors (Lipinski definition) is 0. The minimum Gasteiger partial charge on any atom is -0.143 e. The molecular formula is C86H118S8. The SMILES string of the molecule is CCCCCCCCCCCCc1ccsc1-c1ccc(-c2ccc(-c3sc(-c4ccc(-c5cc(CCCCCCCCCCCC)c(-c6ccc(-c7ccc(-c8sccc8CCCCCCCCCCCC)s7)s6)s5)cc4)cc3CCCCCCCCCCCC)s2)s1. The Balaban J connectivity index is 0.873. The van der Waals surface area contributed by atoms with Crippen molar-refractivity contribution in [2.45, 2.75) is 310 Å². The topological polar surface area (TPSA) is 0 Å². The Bertz CT molecular complexity index is 3180. The summed E-state index contributed by atoms with van der Waals surface area (Å²) in [6.45, 7) is 9.27. The van der Waals surface area contributed by atoms with Crippen LogP contribution in [0, 0.1) is 0 Å². The number of benzene rings is 1. The third kappa shape index (κ3) is 24.6. The molecule has 0 aliphatic heterocycles. The summed E-state index contributed by atoms with van der Waals surface area (Å²) in [6.07, 6.45) is 60.0. The van der Waals surface area contributed by atoms with Crippen LogP contribution in [0.4, 0.5) is 0 Å². The summed E-state index contributed by atoms with van der Waals surface area (Å²) < 4.78 is 0. The van der Waals surface area contributed by atoms with Gasteiger partial charge in [-0.15, -0.1) is 90.7 Å². The second-order valence-electron chi connectivity index (χ2n) is 27.4. The molecule has 0 saturated carbocycles. The highest BCUT2D eigenvalue weighted by atomic mass is 32.1. The van der Waals surface area contributed by atoms with E-state index in [4.69, 9.17) is 0 Å². The minimum atomic E-state index is 1.16. The van der Waals surface area contributed by atoms with Crippen LogP contribution in [0.1, 0.15) is 307 Å². The van der Waals surface area contributed by atoms with Gasteiger partial charge in [-0.3, -0.25) is 0 Å². The van der Waals surface area contributed by atoms with E-state index >= 15 is 0 Å². The monoisotopic (exact) mass is 1410 g/mol. The number of hydrogen-bond acceptors (Lipinski definition) is 8. The molecule has 0 saturated heterocycles. The smallest absolute Gasteiger partial charge is 0.0481 e. The molecule has 94 heavy (non-hydrogen) atoms. The summed E-state index contributed by atoms with van der Waals surface area (Å²) >= 11 is 16.0. The van der Waals surface area contributed by atoms with Crippen LogP contribution in [0.2, 0.25) is 0 Å². The average Bonchev–Trinajstić information content (AvgIpc) is 1.77. The van der Waals surface area contributed by atoms with Gasteiger partial charge in [0, 0.05) is 68.3 Å². The highest BCUT2D eigenvalue weighted by Gasteiger charge is 2.21. The van der Waals surface area contributed by atoms with E-state index < -0.39 is 0 Å². The third-order valence-corrected chi connectivity index (χ3v) is 29.4. The van der Waals surface area contributed by atoms with Gasteiger partial charge in [-0.05, 0) is 168 Å². The highest BCUT2D eigenvalue weighted by molar-refractivity contribution is 7.30. The van der Waals surface area contributed by atoms with Gasteiger partial charge >= 0.3 is 0 Å². The maximum Gasteiger partial charge on any atom is 0.0481 e. The van der Waals surface area contributed by atoms with Crippen molar-refractivity contribution in [1.29, 1.82) is 0 Å². The molecule has 0 N–H and O–H groups in total. The molecule has 9 aromatic rings. The first-order chi connectivity index (χ1) is 46.5. The van der Waals surface area contributed by atoms with Gasteiger partial charge in [0.2, 0.25) is 0 Å². The van der Waals surface area contributed by atoms with Crippen LogP contribution in [0.5, 0.6) is 0 Å². The van der Waals surface area contributed by atoms with Gasteiger partial charge in [0.1, 0.15) is 0 Å². The molecule has 0 aliphatic rings. The number of thiophene rings is 8. The molecule has 1 aromatic carbocycles. The zero-order valence-electron chi connectivity index (χ0n) is 58.8. The Kier molecular flexibility index (Phi) is 35.2. The maximum absolute atomic E-state index is 2.58. The van der Waals surface area contributed by atoms with Crippen LogP contribution in [0.3, 0.4) is 0 Å². The number of rotatable bonds is 52. The van der Waals surface area contributed by atoms with Crippen molar-refractivity contribution in [3.05, 3.63) is 130 Å². The van der Waals surface area contributed by atoms with Crippen LogP contribution in [0.15, 0.2) is 108 Å². The minimum absolute atomic E-state index is 1.16. The first-order valence-corrected chi connectivity index (χ1v) is 45.1. The molecule has 0 nitrogen and oxygen atoms in total. The first-order valence-electron chi connectivity index (χ1n) is 38.4. The van der Waals surface area contributed by atoms with Crippen LogP contribution >= 0.6 is 90.7 Å². The molecule has 0 atom stereocenters. The lowest BCUT2D eigenvalue weighted by Crippen LogP contribution is -1.87. The molecule has 0 radical (unpaired) electrons. The predicted molar refractivity (Wildman–Crippen MR) is 435 cm³/mol. The lowest BCUT2D eigenvalue weighted by molar-refractivity contribution is 0.556. The summed E-state index contributed by atoms with van der Waals surface area (Å²) in [5.41, 5.74) is 8.90. The van der Waals surface area contributed by atoms with Gasteiger partial charge in [-0.1, -0.05) is 283 Å². The molecule has 8 heterocycles. The Morgan fingerprint density at radius 2 is 0.415 bits per heavy atom. The summed E-state index contributed by atoms with van der Waals surface area (Å²) in [5, 5.41) is 4.66. The van der Waals surface area contributed by atoms with Gasteiger partial charge in [-0.2, -0.15) is 0 Å². The lowest BCUT2D eigenvalue weighted by atomic mass is 10.0. The molecular weight excluding hydrogens is 1290 g/mol. The van der Waals surface area contributed by atoms with Gasteiger partial charge < -0.3 is 0 Å². The first kappa shape index (κ1) is 75.0. The summed E-state index contributed by atoms with van der Waals surface area (Å²) in [7, 11) is 0. The van der Waals surface area contributed by atoms with E-state index in [0.717, 1.165) is 12.8 Å². The molecule has 0 spiro atoms. The fraction of sp³-hybridized carbons (Fsp3) is 0.558. The Morgan fingerprint density at radius 3 is 0.681 bits per heavy atom. The number of unbranched alkanes of at least 4 members (excludes halogenated alkanes) is 36. The third-order valence-electron chi connectivity index (χ3n) is 19.6. The lowest BCUT2D eigenvalue weighted by Gasteiger charge is -2.04. The number of aryl methyl sites for hydroxylation is 4. The van der Waals surface area contributed by atoms with Crippen molar-refractivity contribution in [1.82, 2.24) is 0 Å². The largest absolute Gasteiger partial charge is 0.143 e. The second-order valence-corrected chi connectivity index (χ2v) is 35.7. The van der Waals surface area contributed by atoms with Crippen molar-refractivity contribution in [2.24, 2.45) is 0 Å². The standard InChI is InChI=1S/C86H118S8/c1-5-9-13-17-21-25-29-33-37-41-45-69-61-63-87-83(69)77-57-53-73(89-77)75-55-59-79(91-75)85-71(47-43-39-35-31-27-23-19-15-11-7-3)65-81(93-85)67-49-51-68(52-50-67)82-66-72(48-44-40-36-32-28-24-20-16-12-8-4)86(94-82)80-60-56-76(92-80)74-54-58-78(90-74)84-70(62-64-88-84)46-42-38-34-30-26-22-18-14-10-6-2/h49-66H,5-48H2,1-4H3. The van der Waals surface area contributed by atoms with Crippen molar-refractivity contribution in [3.8, 4) is 79.4 Å². The molecule has 0 amide bonds. The van der Waals surface area contributed by atoms with E-state index in [2.05, 4.69) is 136 Å². The Labute approximate surface area is 605 Å². The van der Waals surface area contributed by atoms with E-state index in [1.54, 1.807) is 22.3 Å². The zero-order chi connectivity index (χ0) is 65.0. The molecule has 0 fully saturated rings. The van der Waals surface area contributed by atoms with E-state index in [-0.39, 0.29) is 0 Å². The molecule has 8 aromatic heterocycles. The summed E-state index contributed by atoms with van der Waals surface area (Å²) in [5.74, 6) is 0. The van der Waals surface area contributed by atoms with Crippen molar-refractivity contribution < 1.29 is 0 Å². The van der Waals surface area contributed by atoms with Crippen LogP contribution in [-0.2, 0) is 25.7 Å². The maximum atomic E-state index is 2.58. The molecule has 8 heteroatoms. The summed E-state index contributed by atoms with van der Waals surface area (Å²) in [6, 6.07) is 39.1. The Hall–Kier alpha value is -3.18. The quantitative estimate of drug-likeness (QED) is 0.0333. The second kappa shape index (κ2) is 44.1. The fourth-order valence-electron chi connectivity index (χ4n) is 13.8. The van der Waals surface area contributed by atoms with Gasteiger partial charge in [-0.25, -0.2) is 0 Å². The fourth-order valence-corrected chi connectivity index (χ4v) is 23.0. The van der Waals surface area contributed by atoms with Crippen molar-refractivity contribution >= 4 is 90.7 Å². The zero-order valence-corrected chi connectivity index (χ0v) is 65.3. The van der Waals surface area contributed by atoms with E-state index in [9.17, 15) is 0 Å². The van der Waals surface area contributed by atoms with E-state index in [1.807, 2.05) is 90.7 Å². The molecule has 9 rings (SSSR count). The molecule has 0 bridgehead atoms. The van der Waals surface area contributed by atoms with Crippen molar-refractivity contribution in [3.63, 3.8) is 0 Å². The molecule has 0 aliphatic carbocycles. The van der Waals surface area contributed by atoms with E-state index in [0.29, 0.717) is 0 Å². The van der Waals surface area contributed by atoms with Gasteiger partial charge in [0.05, 0.1) is 0 Å². The Morgan fingerprint density at radius 1 is 0.191 bits per heavy atom. The highest BCUT2D eigenvalue weighted by Crippen LogP contribution is 2.49. The molecule has 510 valence electrons. The van der Waals surface area contributed by atoms with Crippen LogP contribution in [-0.4, -0.2) is 0 Å². The van der Waals surface area contributed by atoms with Gasteiger partial charge in [0.25, 0.3) is 0 Å². The van der Waals surface area contributed by atoms with Crippen LogP contribution in [0.25, 0.3) is 79.4 Å². The van der Waals surface area contributed by atoms with E-state index in [1.165, 1.54) is 349 Å². The predicted octanol–water partition coefficient (Wildman–Crippen LogP) is 33.4.